The molecule has 4 rings (SSSR count). The second-order valence-electron chi connectivity index (χ2n) is 12.4. The number of amides is 4. The van der Waals surface area contributed by atoms with Gasteiger partial charge in [0.05, 0.1) is 6.10 Å². The van der Waals surface area contributed by atoms with Gasteiger partial charge < -0.3 is 36.0 Å². The van der Waals surface area contributed by atoms with Gasteiger partial charge in [-0.25, -0.2) is 0 Å². The van der Waals surface area contributed by atoms with Gasteiger partial charge in [-0.1, -0.05) is 64.7 Å². The highest BCUT2D eigenvalue weighted by Gasteiger charge is 2.42. The number of aliphatic hydroxyl groups excluding tert-OH is 2. The molecule has 242 valence electrons. The minimum atomic E-state index is -1.43. The number of fused-ring (bicyclic) bond motifs is 2. The van der Waals surface area contributed by atoms with Crippen LogP contribution in [0.1, 0.15) is 96.6 Å². The smallest absolute Gasteiger partial charge is 0.246 e. The lowest BCUT2D eigenvalue weighted by molar-refractivity contribution is -0.148. The Hall–Kier alpha value is -3.44. The lowest BCUT2D eigenvalue weighted by atomic mass is 9.92. The van der Waals surface area contributed by atoms with E-state index >= 15 is 0 Å². The number of piperidine rings is 1. The second kappa shape index (κ2) is 15.5. The van der Waals surface area contributed by atoms with Crippen LogP contribution in [0.5, 0.6) is 0 Å². The van der Waals surface area contributed by atoms with Crippen molar-refractivity contribution in [3.05, 3.63) is 36.0 Å². The Labute approximate surface area is 259 Å². The van der Waals surface area contributed by atoms with Crippen LogP contribution < -0.4 is 16.0 Å². The van der Waals surface area contributed by atoms with Gasteiger partial charge >= 0.3 is 0 Å². The zero-order valence-electron chi connectivity index (χ0n) is 26.2. The molecule has 1 aromatic heterocycles. The zero-order chi connectivity index (χ0) is 31.8. The highest BCUT2D eigenvalue weighted by Crippen LogP contribution is 2.28. The average molecular weight is 612 g/mol. The molecule has 1 aromatic carbocycles. The van der Waals surface area contributed by atoms with Gasteiger partial charge in [-0.2, -0.15) is 0 Å². The highest BCUT2D eigenvalue weighted by atomic mass is 16.3. The Morgan fingerprint density at radius 2 is 1.64 bits per heavy atom. The molecule has 0 radical (unpaired) electrons. The maximum atomic E-state index is 14.0. The summed E-state index contributed by atoms with van der Waals surface area (Å²) in [6.07, 6.45) is 6.21. The van der Waals surface area contributed by atoms with Gasteiger partial charge in [0, 0.05) is 29.2 Å². The van der Waals surface area contributed by atoms with E-state index in [0.29, 0.717) is 56.0 Å². The molecule has 11 nitrogen and oxygen atoms in total. The first-order valence-corrected chi connectivity index (χ1v) is 16.3. The standard InChI is InChI=1S/C33H49N5O6/c1-4-20(3)27-33(44)38-18-12-11-17-26(38)31(42)35-25(16-8-6-7-13-21(39)5-2)30(41)37-28(32(43)36-27)29(40)23-19-34-24-15-10-9-14-22(23)24/h9-10,14-15,19-21,25-29,34,39-40H,4-8,11-13,16-18H2,1-3H3,(H,35,42)(H,36,43)(H,37,41)/t20?,21?,25-,26+,27-,28+,29?/m0/s1. The Bertz CT molecular complexity index is 1300. The molecule has 11 heteroatoms. The van der Waals surface area contributed by atoms with Crippen molar-refractivity contribution >= 4 is 34.5 Å². The first kappa shape index (κ1) is 33.5. The molecule has 4 amide bonds. The van der Waals surface area contributed by atoms with E-state index in [0.717, 1.165) is 31.2 Å². The van der Waals surface area contributed by atoms with Crippen molar-refractivity contribution in [3.8, 4) is 0 Å². The van der Waals surface area contributed by atoms with Crippen LogP contribution in [0.3, 0.4) is 0 Å². The number of carbonyl (C=O) groups excluding carboxylic acids is 4. The number of carbonyl (C=O) groups is 4. The zero-order valence-corrected chi connectivity index (χ0v) is 26.2. The SMILES string of the molecule is CCC(O)CCCCC[C@@H]1NC(=O)[C@H]2CCCCN2C(=O)[C@H](C(C)CC)NC(=O)[C@@H](C(O)c2c[nH]c3ccccc23)NC1=O. The Morgan fingerprint density at radius 1 is 0.886 bits per heavy atom. The summed E-state index contributed by atoms with van der Waals surface area (Å²) in [7, 11) is 0. The average Bonchev–Trinajstić information content (AvgIpc) is 3.47. The third-order valence-corrected chi connectivity index (χ3v) is 9.34. The number of nitrogens with one attached hydrogen (secondary N) is 4. The summed E-state index contributed by atoms with van der Waals surface area (Å²) in [5.74, 6) is -2.20. The van der Waals surface area contributed by atoms with E-state index in [1.54, 1.807) is 11.1 Å². The summed E-state index contributed by atoms with van der Waals surface area (Å²) in [6.45, 7) is 6.11. The van der Waals surface area contributed by atoms with Crippen LogP contribution in [-0.4, -0.2) is 80.5 Å². The number of para-hydroxylation sites is 1. The topological polar surface area (TPSA) is 164 Å². The van der Waals surface area contributed by atoms with E-state index in [9.17, 15) is 29.4 Å². The van der Waals surface area contributed by atoms with Crippen molar-refractivity contribution in [2.24, 2.45) is 5.92 Å². The summed E-state index contributed by atoms with van der Waals surface area (Å²) in [6, 6.07) is 3.30. The molecule has 0 saturated carbocycles. The van der Waals surface area contributed by atoms with Crippen LogP contribution in [0, 0.1) is 5.92 Å². The number of aromatic nitrogens is 1. The largest absolute Gasteiger partial charge is 0.393 e. The number of H-pyrrole nitrogens is 1. The minimum absolute atomic E-state index is 0.249. The van der Waals surface area contributed by atoms with Gasteiger partial charge in [0.15, 0.2) is 0 Å². The van der Waals surface area contributed by atoms with Gasteiger partial charge in [0.1, 0.15) is 30.3 Å². The van der Waals surface area contributed by atoms with Crippen LogP contribution in [-0.2, 0) is 19.2 Å². The van der Waals surface area contributed by atoms with Crippen molar-refractivity contribution in [1.82, 2.24) is 25.8 Å². The number of rotatable bonds is 11. The number of hydrogen-bond acceptors (Lipinski definition) is 6. The number of nitrogens with zero attached hydrogens (tertiary/aromatic N) is 1. The van der Waals surface area contributed by atoms with Gasteiger partial charge in [-0.3, -0.25) is 19.2 Å². The number of aromatic amines is 1. The molecule has 0 spiro atoms. The number of hydrogen-bond donors (Lipinski definition) is 6. The summed E-state index contributed by atoms with van der Waals surface area (Å²) in [4.78, 5) is 60.1. The molecule has 6 N–H and O–H groups in total. The molecule has 7 atom stereocenters. The first-order chi connectivity index (χ1) is 21.2. The molecular formula is C33H49N5O6. The number of unbranched alkanes of at least 4 members (excludes halogenated alkanes) is 2. The predicted octanol–water partition coefficient (Wildman–Crippen LogP) is 2.82. The monoisotopic (exact) mass is 611 g/mol. The molecular weight excluding hydrogens is 562 g/mol. The van der Waals surface area contributed by atoms with E-state index in [1.807, 2.05) is 45.0 Å². The summed E-state index contributed by atoms with van der Waals surface area (Å²) in [5.41, 5.74) is 1.20. The van der Waals surface area contributed by atoms with E-state index in [2.05, 4.69) is 20.9 Å². The fourth-order valence-electron chi connectivity index (χ4n) is 6.28. The first-order valence-electron chi connectivity index (χ1n) is 16.3. The molecule has 3 heterocycles. The van der Waals surface area contributed by atoms with Crippen molar-refractivity contribution in [2.45, 2.75) is 121 Å². The second-order valence-corrected chi connectivity index (χ2v) is 12.4. The molecule has 3 unspecified atom stereocenters. The molecule has 2 aromatic rings. The Kier molecular flexibility index (Phi) is 11.8. The fourth-order valence-corrected chi connectivity index (χ4v) is 6.28. The summed E-state index contributed by atoms with van der Waals surface area (Å²) < 4.78 is 0. The predicted molar refractivity (Wildman–Crippen MR) is 167 cm³/mol. The van der Waals surface area contributed by atoms with Crippen LogP contribution in [0.25, 0.3) is 10.9 Å². The van der Waals surface area contributed by atoms with Crippen molar-refractivity contribution in [2.75, 3.05) is 6.54 Å². The molecule has 2 saturated heterocycles. The third-order valence-electron chi connectivity index (χ3n) is 9.34. The summed E-state index contributed by atoms with van der Waals surface area (Å²) in [5, 5.41) is 30.7. The molecule has 44 heavy (non-hydrogen) atoms. The van der Waals surface area contributed by atoms with Crippen LogP contribution in [0.4, 0.5) is 0 Å². The van der Waals surface area contributed by atoms with E-state index < -0.39 is 42.1 Å². The maximum Gasteiger partial charge on any atom is 0.246 e. The Morgan fingerprint density at radius 3 is 2.39 bits per heavy atom. The number of benzene rings is 1. The van der Waals surface area contributed by atoms with Crippen molar-refractivity contribution < 1.29 is 29.4 Å². The lowest BCUT2D eigenvalue weighted by Crippen LogP contribution is -2.64. The summed E-state index contributed by atoms with van der Waals surface area (Å²) >= 11 is 0. The van der Waals surface area contributed by atoms with Crippen LogP contribution in [0.15, 0.2) is 30.5 Å². The number of aliphatic hydroxyl groups is 2. The van der Waals surface area contributed by atoms with Crippen molar-refractivity contribution in [3.63, 3.8) is 0 Å². The molecule has 0 bridgehead atoms. The third kappa shape index (κ3) is 7.79. The minimum Gasteiger partial charge on any atom is -0.393 e. The van der Waals surface area contributed by atoms with E-state index in [4.69, 9.17) is 0 Å². The van der Waals surface area contributed by atoms with E-state index in [1.165, 1.54) is 0 Å². The van der Waals surface area contributed by atoms with Gasteiger partial charge in [-0.15, -0.1) is 0 Å². The molecule has 2 aliphatic heterocycles. The van der Waals surface area contributed by atoms with E-state index in [-0.39, 0.29) is 23.8 Å². The van der Waals surface area contributed by atoms with Crippen LogP contribution >= 0.6 is 0 Å². The van der Waals surface area contributed by atoms with Crippen LogP contribution in [0.2, 0.25) is 0 Å². The van der Waals surface area contributed by atoms with Gasteiger partial charge in [0.2, 0.25) is 23.6 Å². The molecule has 0 aliphatic carbocycles. The lowest BCUT2D eigenvalue weighted by Gasteiger charge is -2.40. The maximum absolute atomic E-state index is 14.0. The molecule has 2 aliphatic rings. The van der Waals surface area contributed by atoms with Crippen molar-refractivity contribution in [1.29, 1.82) is 0 Å². The molecule has 2 fully saturated rings. The Balaban J connectivity index is 1.67. The normalized spacial score (nSPS) is 25.6. The quantitative estimate of drug-likeness (QED) is 0.214. The fraction of sp³-hybridized carbons (Fsp3) is 0.636. The highest BCUT2D eigenvalue weighted by molar-refractivity contribution is 5.98. The van der Waals surface area contributed by atoms with Gasteiger partial charge in [-0.05, 0) is 50.5 Å². The van der Waals surface area contributed by atoms with Gasteiger partial charge in [0.25, 0.3) is 0 Å².